The quantitative estimate of drug-likeness (QED) is 0.0440. The summed E-state index contributed by atoms with van der Waals surface area (Å²) in [7, 11) is 0. The zero-order valence-corrected chi connectivity index (χ0v) is 30.5. The van der Waals surface area contributed by atoms with E-state index in [0.717, 1.165) is 83.5 Å². The standard InChI is InChI=1S/C43H68O5/c1-3-5-7-9-11-13-15-17-19-20-21-22-24-26-28-30-32-34-36-38-43(46)48-41(39-44)40-47-42(45)37-35-33-31-29-27-25-23-18-16-14-12-10-8-6-4-2/h6,8,11-14,17-19,21-23,26,28,32,34,41,44H,3-5,7,9-10,15-16,20,24-25,27,29-31,33,35-40H2,1-2H3/b8-6-,13-11-,14-12-,19-17-,22-21-,23-18-,28-26-,34-32-/t41-/m0/s1. The molecular weight excluding hydrogens is 596 g/mol. The Bertz CT molecular complexity index is 979. The number of unbranched alkanes of at least 4 members (excludes halogenated alkanes) is 8. The fraction of sp³-hybridized carbons (Fsp3) is 0.581. The molecule has 0 aliphatic carbocycles. The molecule has 270 valence electrons. The van der Waals surface area contributed by atoms with Crippen LogP contribution >= 0.6 is 0 Å². The lowest BCUT2D eigenvalue weighted by Gasteiger charge is -2.15. The first-order valence-electron chi connectivity index (χ1n) is 18.8. The number of carbonyl (C=O) groups excluding carboxylic acids is 2. The van der Waals surface area contributed by atoms with Gasteiger partial charge in [0.1, 0.15) is 6.61 Å². The summed E-state index contributed by atoms with van der Waals surface area (Å²) in [6.45, 7) is 3.89. The Morgan fingerprint density at radius 2 is 0.938 bits per heavy atom. The lowest BCUT2D eigenvalue weighted by atomic mass is 10.1. The van der Waals surface area contributed by atoms with E-state index >= 15 is 0 Å². The largest absolute Gasteiger partial charge is 0.462 e. The van der Waals surface area contributed by atoms with E-state index in [9.17, 15) is 14.7 Å². The van der Waals surface area contributed by atoms with Crippen LogP contribution in [0.5, 0.6) is 0 Å². The molecule has 0 fully saturated rings. The van der Waals surface area contributed by atoms with Gasteiger partial charge in [-0.05, 0) is 83.5 Å². The van der Waals surface area contributed by atoms with Crippen LogP contribution < -0.4 is 0 Å². The van der Waals surface area contributed by atoms with Crippen molar-refractivity contribution in [3.63, 3.8) is 0 Å². The van der Waals surface area contributed by atoms with Gasteiger partial charge in [0.2, 0.25) is 0 Å². The smallest absolute Gasteiger partial charge is 0.306 e. The average molecular weight is 665 g/mol. The van der Waals surface area contributed by atoms with Gasteiger partial charge in [0.25, 0.3) is 0 Å². The molecule has 0 aromatic rings. The predicted molar refractivity (Wildman–Crippen MR) is 205 cm³/mol. The van der Waals surface area contributed by atoms with Gasteiger partial charge in [0.15, 0.2) is 6.10 Å². The van der Waals surface area contributed by atoms with E-state index in [2.05, 4.69) is 98.9 Å². The van der Waals surface area contributed by atoms with Crippen LogP contribution in [0.3, 0.4) is 0 Å². The molecule has 5 heteroatoms. The molecule has 1 atom stereocenters. The van der Waals surface area contributed by atoms with Crippen LogP contribution in [0, 0.1) is 0 Å². The number of esters is 2. The van der Waals surface area contributed by atoms with Crippen molar-refractivity contribution in [3.8, 4) is 0 Å². The molecule has 0 saturated carbocycles. The molecule has 0 spiro atoms. The summed E-state index contributed by atoms with van der Waals surface area (Å²) >= 11 is 0. The summed E-state index contributed by atoms with van der Waals surface area (Å²) in [5, 5.41) is 9.53. The third-order valence-corrected chi connectivity index (χ3v) is 7.38. The molecule has 0 saturated heterocycles. The molecule has 0 unspecified atom stereocenters. The summed E-state index contributed by atoms with van der Waals surface area (Å²) in [6.07, 6.45) is 53.3. The topological polar surface area (TPSA) is 72.8 Å². The number of carbonyl (C=O) groups is 2. The van der Waals surface area contributed by atoms with Crippen molar-refractivity contribution in [2.75, 3.05) is 13.2 Å². The summed E-state index contributed by atoms with van der Waals surface area (Å²) in [6, 6.07) is 0. The van der Waals surface area contributed by atoms with E-state index in [-0.39, 0.29) is 25.6 Å². The van der Waals surface area contributed by atoms with Gasteiger partial charge < -0.3 is 14.6 Å². The Morgan fingerprint density at radius 1 is 0.500 bits per heavy atom. The number of aliphatic hydroxyl groups is 1. The highest BCUT2D eigenvalue weighted by Gasteiger charge is 2.15. The highest BCUT2D eigenvalue weighted by atomic mass is 16.6. The van der Waals surface area contributed by atoms with E-state index in [4.69, 9.17) is 9.47 Å². The number of hydrogen-bond donors (Lipinski definition) is 1. The molecule has 0 aliphatic heterocycles. The number of allylic oxidation sites excluding steroid dienone is 16. The molecule has 0 radical (unpaired) electrons. The van der Waals surface area contributed by atoms with Crippen molar-refractivity contribution >= 4 is 11.9 Å². The Balaban J connectivity index is 3.77. The first kappa shape index (κ1) is 44.8. The van der Waals surface area contributed by atoms with Gasteiger partial charge in [-0.15, -0.1) is 0 Å². The van der Waals surface area contributed by atoms with Crippen LogP contribution in [0.25, 0.3) is 0 Å². The normalized spacial score (nSPS) is 13.3. The Morgan fingerprint density at radius 3 is 1.44 bits per heavy atom. The van der Waals surface area contributed by atoms with Crippen molar-refractivity contribution in [1.29, 1.82) is 0 Å². The van der Waals surface area contributed by atoms with Gasteiger partial charge >= 0.3 is 11.9 Å². The SMILES string of the molecule is CC/C=C\C/C=C\C/C=C\CCCCCCCC(=O)OC[C@H](CO)OC(=O)CC/C=C\C/C=C\C/C=C\C/C=C\C/C=C\CCCCC. The molecule has 0 bridgehead atoms. The van der Waals surface area contributed by atoms with Crippen molar-refractivity contribution < 1.29 is 24.2 Å². The van der Waals surface area contributed by atoms with Crippen molar-refractivity contribution in [3.05, 3.63) is 97.2 Å². The monoisotopic (exact) mass is 665 g/mol. The van der Waals surface area contributed by atoms with Crippen molar-refractivity contribution in [1.82, 2.24) is 0 Å². The van der Waals surface area contributed by atoms with Gasteiger partial charge in [-0.3, -0.25) is 9.59 Å². The molecule has 0 amide bonds. The third kappa shape index (κ3) is 35.7. The molecule has 0 aliphatic rings. The molecule has 1 N–H and O–H groups in total. The van der Waals surface area contributed by atoms with Crippen LogP contribution in [0.2, 0.25) is 0 Å². The molecule has 48 heavy (non-hydrogen) atoms. The van der Waals surface area contributed by atoms with E-state index in [1.807, 2.05) is 12.2 Å². The Hall–Kier alpha value is -3.18. The highest BCUT2D eigenvalue weighted by Crippen LogP contribution is 2.09. The van der Waals surface area contributed by atoms with Crippen LogP contribution in [-0.4, -0.2) is 36.4 Å². The lowest BCUT2D eigenvalue weighted by Crippen LogP contribution is -2.28. The molecule has 0 aromatic heterocycles. The Kier molecular flexibility index (Phi) is 35.7. The molecule has 0 rings (SSSR count). The fourth-order valence-corrected chi connectivity index (χ4v) is 4.55. The van der Waals surface area contributed by atoms with Gasteiger partial charge in [0, 0.05) is 12.8 Å². The highest BCUT2D eigenvalue weighted by molar-refractivity contribution is 5.70. The van der Waals surface area contributed by atoms with Crippen LogP contribution in [-0.2, 0) is 19.1 Å². The second-order valence-corrected chi connectivity index (χ2v) is 11.9. The van der Waals surface area contributed by atoms with E-state index in [0.29, 0.717) is 12.8 Å². The second kappa shape index (κ2) is 38.3. The van der Waals surface area contributed by atoms with Crippen molar-refractivity contribution in [2.24, 2.45) is 0 Å². The summed E-state index contributed by atoms with van der Waals surface area (Å²) < 4.78 is 10.5. The average Bonchev–Trinajstić information content (AvgIpc) is 3.09. The first-order chi connectivity index (χ1) is 23.6. The molecule has 0 heterocycles. The van der Waals surface area contributed by atoms with E-state index in [1.54, 1.807) is 0 Å². The number of hydrogen-bond acceptors (Lipinski definition) is 5. The van der Waals surface area contributed by atoms with Crippen LogP contribution in [0.15, 0.2) is 97.2 Å². The van der Waals surface area contributed by atoms with E-state index in [1.165, 1.54) is 25.7 Å². The molecule has 0 aromatic carbocycles. The minimum absolute atomic E-state index is 0.111. The second-order valence-electron chi connectivity index (χ2n) is 11.9. The zero-order chi connectivity index (χ0) is 35.0. The molecule has 5 nitrogen and oxygen atoms in total. The van der Waals surface area contributed by atoms with Gasteiger partial charge in [-0.2, -0.15) is 0 Å². The molecular formula is C43H68O5. The summed E-state index contributed by atoms with van der Waals surface area (Å²) in [5.41, 5.74) is 0. The predicted octanol–water partition coefficient (Wildman–Crippen LogP) is 11.7. The van der Waals surface area contributed by atoms with Crippen molar-refractivity contribution in [2.45, 2.75) is 148 Å². The van der Waals surface area contributed by atoms with Gasteiger partial charge in [-0.1, -0.05) is 143 Å². The zero-order valence-electron chi connectivity index (χ0n) is 30.5. The van der Waals surface area contributed by atoms with Gasteiger partial charge in [0.05, 0.1) is 6.61 Å². The van der Waals surface area contributed by atoms with E-state index < -0.39 is 12.1 Å². The van der Waals surface area contributed by atoms with Crippen LogP contribution in [0.4, 0.5) is 0 Å². The third-order valence-electron chi connectivity index (χ3n) is 7.38. The number of aliphatic hydroxyl groups excluding tert-OH is 1. The lowest BCUT2D eigenvalue weighted by molar-refractivity contribution is -0.161. The maximum Gasteiger partial charge on any atom is 0.306 e. The maximum absolute atomic E-state index is 12.1. The van der Waals surface area contributed by atoms with Gasteiger partial charge in [-0.25, -0.2) is 0 Å². The maximum atomic E-state index is 12.1. The van der Waals surface area contributed by atoms with Crippen LogP contribution in [0.1, 0.15) is 142 Å². The number of ether oxygens (including phenoxy) is 2. The Labute approximate surface area is 294 Å². The summed E-state index contributed by atoms with van der Waals surface area (Å²) in [4.78, 5) is 24.2. The minimum atomic E-state index is -0.824. The summed E-state index contributed by atoms with van der Waals surface area (Å²) in [5.74, 6) is -0.718. The minimum Gasteiger partial charge on any atom is -0.462 e. The first-order valence-corrected chi connectivity index (χ1v) is 18.8. The number of rotatable bonds is 32. The fourth-order valence-electron chi connectivity index (χ4n) is 4.55.